The first-order valence-corrected chi connectivity index (χ1v) is 28.4. The van der Waals surface area contributed by atoms with Crippen LogP contribution in [-0.4, -0.2) is 37.9 Å². The number of esters is 2. The molecule has 0 aromatic rings. The maximum absolute atomic E-state index is 12.9. The van der Waals surface area contributed by atoms with E-state index in [-0.39, 0.29) is 25.2 Å². The fraction of sp³-hybridized carbons (Fsp3) is 0.683. The quantitative estimate of drug-likeness (QED) is 0.0345. The zero-order chi connectivity index (χ0) is 49.2. The molecular formula is C63H106O5. The van der Waals surface area contributed by atoms with Gasteiger partial charge < -0.3 is 14.2 Å². The van der Waals surface area contributed by atoms with Crippen LogP contribution in [0.25, 0.3) is 0 Å². The Morgan fingerprint density at radius 2 is 0.721 bits per heavy atom. The van der Waals surface area contributed by atoms with Gasteiger partial charge in [0, 0.05) is 19.4 Å². The van der Waals surface area contributed by atoms with E-state index in [9.17, 15) is 9.59 Å². The van der Waals surface area contributed by atoms with Crippen LogP contribution in [0, 0.1) is 0 Å². The van der Waals surface area contributed by atoms with E-state index in [1.54, 1.807) is 0 Å². The third-order valence-electron chi connectivity index (χ3n) is 11.8. The second-order valence-corrected chi connectivity index (χ2v) is 18.4. The highest BCUT2D eigenvalue weighted by atomic mass is 16.6. The van der Waals surface area contributed by atoms with Crippen LogP contribution in [0.1, 0.15) is 252 Å². The van der Waals surface area contributed by atoms with Crippen molar-refractivity contribution in [3.8, 4) is 0 Å². The molecule has 1 atom stereocenters. The van der Waals surface area contributed by atoms with Gasteiger partial charge in [-0.05, 0) is 109 Å². The van der Waals surface area contributed by atoms with Gasteiger partial charge in [0.2, 0.25) is 0 Å². The summed E-state index contributed by atoms with van der Waals surface area (Å²) in [4.78, 5) is 25.5. The highest BCUT2D eigenvalue weighted by molar-refractivity contribution is 5.70. The normalized spacial score (nSPS) is 13.0. The molecular weight excluding hydrogens is 837 g/mol. The maximum Gasteiger partial charge on any atom is 0.306 e. The zero-order valence-corrected chi connectivity index (χ0v) is 44.6. The largest absolute Gasteiger partial charge is 0.462 e. The lowest BCUT2D eigenvalue weighted by molar-refractivity contribution is -0.162. The Hall–Kier alpha value is -3.44. The van der Waals surface area contributed by atoms with E-state index in [1.807, 2.05) is 6.08 Å². The van der Waals surface area contributed by atoms with E-state index in [0.29, 0.717) is 25.9 Å². The van der Waals surface area contributed by atoms with Crippen LogP contribution in [0.5, 0.6) is 0 Å². The molecule has 0 aromatic carbocycles. The first-order chi connectivity index (χ1) is 33.6. The van der Waals surface area contributed by atoms with Crippen molar-refractivity contribution < 1.29 is 23.8 Å². The number of hydrogen-bond acceptors (Lipinski definition) is 5. The smallest absolute Gasteiger partial charge is 0.306 e. The molecule has 1 unspecified atom stereocenters. The van der Waals surface area contributed by atoms with Gasteiger partial charge in [-0.15, -0.1) is 0 Å². The summed E-state index contributed by atoms with van der Waals surface area (Å²) in [6, 6.07) is 0. The predicted octanol–water partition coefficient (Wildman–Crippen LogP) is 19.6. The number of carbonyl (C=O) groups excluding carboxylic acids is 2. The molecule has 0 aliphatic carbocycles. The maximum atomic E-state index is 12.9. The topological polar surface area (TPSA) is 61.8 Å². The molecule has 0 bridgehead atoms. The van der Waals surface area contributed by atoms with E-state index >= 15 is 0 Å². The van der Waals surface area contributed by atoms with E-state index in [2.05, 4.69) is 124 Å². The number of allylic oxidation sites excluding steroid dienone is 18. The zero-order valence-electron chi connectivity index (χ0n) is 44.6. The highest BCUT2D eigenvalue weighted by Crippen LogP contribution is 2.14. The number of unbranched alkanes of at least 4 members (excludes halogenated alkanes) is 22. The van der Waals surface area contributed by atoms with Gasteiger partial charge in [0.25, 0.3) is 0 Å². The first-order valence-electron chi connectivity index (χ1n) is 28.4. The molecule has 0 saturated carbocycles. The monoisotopic (exact) mass is 943 g/mol. The van der Waals surface area contributed by atoms with Crippen molar-refractivity contribution in [1.82, 2.24) is 0 Å². The van der Waals surface area contributed by atoms with Gasteiger partial charge in [0.15, 0.2) is 6.10 Å². The van der Waals surface area contributed by atoms with Crippen LogP contribution in [0.4, 0.5) is 0 Å². The minimum Gasteiger partial charge on any atom is -0.462 e. The predicted molar refractivity (Wildman–Crippen MR) is 297 cm³/mol. The van der Waals surface area contributed by atoms with Gasteiger partial charge in [0.05, 0.1) is 6.61 Å². The summed E-state index contributed by atoms with van der Waals surface area (Å²) in [5.41, 5.74) is 0. The standard InChI is InChI=1S/C63H106O5/c1-4-7-10-13-16-19-22-25-28-30-32-34-36-38-41-44-47-50-53-56-62(64)67-60-61(59-66-58-55-52-49-46-43-40-27-24-21-18-15-12-9-6-3)68-63(65)57-54-51-48-45-42-39-37-35-33-31-29-26-23-20-17-14-11-8-5-2/h7,10,12,15-16,19,21,24-26,28-29,32,34,38,41,47,50,61H,4-6,8-9,11,13-14,17-18,20,22-23,27,30-31,33,35-37,39-40,42-46,48-49,51-60H2,1-3H3/b10-7-,15-12-,19-16-,24-21-,28-25-,29-26-,34-32-,41-38-,50-47-. The number of ether oxygens (including phenoxy) is 3. The average Bonchev–Trinajstić information content (AvgIpc) is 3.34. The highest BCUT2D eigenvalue weighted by Gasteiger charge is 2.17. The van der Waals surface area contributed by atoms with Crippen LogP contribution in [0.2, 0.25) is 0 Å². The lowest BCUT2D eigenvalue weighted by Gasteiger charge is -2.18. The first kappa shape index (κ1) is 64.6. The Labute approximate surface area is 421 Å². The summed E-state index contributed by atoms with van der Waals surface area (Å²) >= 11 is 0. The molecule has 68 heavy (non-hydrogen) atoms. The van der Waals surface area contributed by atoms with Crippen molar-refractivity contribution in [3.05, 3.63) is 109 Å². The number of rotatable bonds is 51. The van der Waals surface area contributed by atoms with Crippen LogP contribution in [0.15, 0.2) is 109 Å². The molecule has 0 aliphatic rings. The van der Waals surface area contributed by atoms with Crippen LogP contribution < -0.4 is 0 Å². The van der Waals surface area contributed by atoms with E-state index in [4.69, 9.17) is 14.2 Å². The molecule has 5 heteroatoms. The second-order valence-electron chi connectivity index (χ2n) is 18.4. The third-order valence-corrected chi connectivity index (χ3v) is 11.8. The number of hydrogen-bond donors (Lipinski definition) is 0. The Bertz CT molecular complexity index is 1340. The molecule has 0 heterocycles. The Morgan fingerprint density at radius 3 is 1.19 bits per heavy atom. The minimum absolute atomic E-state index is 0.0350. The van der Waals surface area contributed by atoms with Gasteiger partial charge in [0.1, 0.15) is 6.61 Å². The van der Waals surface area contributed by atoms with Gasteiger partial charge in [-0.3, -0.25) is 9.59 Å². The summed E-state index contributed by atoms with van der Waals surface area (Å²) in [6.45, 7) is 7.55. The minimum atomic E-state index is -0.580. The second kappa shape index (κ2) is 57.9. The summed E-state index contributed by atoms with van der Waals surface area (Å²) in [5.74, 6) is -0.503. The molecule has 0 fully saturated rings. The summed E-state index contributed by atoms with van der Waals surface area (Å²) < 4.78 is 17.4. The van der Waals surface area contributed by atoms with Crippen LogP contribution in [-0.2, 0) is 23.8 Å². The molecule has 0 spiro atoms. The van der Waals surface area contributed by atoms with Crippen LogP contribution in [0.3, 0.4) is 0 Å². The molecule has 0 saturated heterocycles. The molecule has 388 valence electrons. The van der Waals surface area contributed by atoms with E-state index in [1.165, 1.54) is 128 Å². The lowest BCUT2D eigenvalue weighted by Crippen LogP contribution is -2.30. The van der Waals surface area contributed by atoms with Gasteiger partial charge in [-0.1, -0.05) is 239 Å². The molecule has 0 rings (SSSR count). The molecule has 0 N–H and O–H groups in total. The van der Waals surface area contributed by atoms with Crippen molar-refractivity contribution in [1.29, 1.82) is 0 Å². The van der Waals surface area contributed by atoms with Crippen molar-refractivity contribution in [2.75, 3.05) is 19.8 Å². The Morgan fingerprint density at radius 1 is 0.338 bits per heavy atom. The summed E-state index contributed by atoms with van der Waals surface area (Å²) in [5, 5.41) is 0. The van der Waals surface area contributed by atoms with Gasteiger partial charge in [-0.2, -0.15) is 0 Å². The van der Waals surface area contributed by atoms with Gasteiger partial charge in [-0.25, -0.2) is 0 Å². The van der Waals surface area contributed by atoms with Gasteiger partial charge >= 0.3 is 11.9 Å². The average molecular weight is 944 g/mol. The fourth-order valence-corrected chi connectivity index (χ4v) is 7.57. The molecule has 0 radical (unpaired) electrons. The fourth-order valence-electron chi connectivity index (χ4n) is 7.57. The third kappa shape index (κ3) is 55.2. The van der Waals surface area contributed by atoms with Crippen molar-refractivity contribution in [2.45, 2.75) is 258 Å². The molecule has 0 aromatic heterocycles. The van der Waals surface area contributed by atoms with E-state index in [0.717, 1.165) is 83.5 Å². The van der Waals surface area contributed by atoms with Crippen molar-refractivity contribution >= 4 is 11.9 Å². The van der Waals surface area contributed by atoms with Crippen molar-refractivity contribution in [2.24, 2.45) is 0 Å². The molecule has 0 aliphatic heterocycles. The Balaban J connectivity index is 4.40. The van der Waals surface area contributed by atoms with Crippen LogP contribution >= 0.6 is 0 Å². The summed E-state index contributed by atoms with van der Waals surface area (Å²) in [7, 11) is 0. The molecule has 5 nitrogen and oxygen atoms in total. The van der Waals surface area contributed by atoms with E-state index < -0.39 is 6.10 Å². The lowest BCUT2D eigenvalue weighted by atomic mass is 10.1. The summed E-state index contributed by atoms with van der Waals surface area (Å²) in [6.07, 6.45) is 79.8. The SMILES string of the molecule is CC/C=C\C/C=C\C/C=C\C/C=C\C/C=C\C/C=C\CCC(=O)OCC(COCCCCCCCC/C=C\C/C=C\CCC)OC(=O)CCCCCCCCCCC/C=C\CCCCCCCC. The molecule has 0 amide bonds. The van der Waals surface area contributed by atoms with Crippen molar-refractivity contribution in [3.63, 3.8) is 0 Å². The Kier molecular flexibility index (Phi) is 54.9. The number of carbonyl (C=O) groups is 2.